The summed E-state index contributed by atoms with van der Waals surface area (Å²) in [4.78, 5) is -0.0112. The molecular weight excluding hydrogens is 310 g/mol. The summed E-state index contributed by atoms with van der Waals surface area (Å²) in [6.45, 7) is 3.76. The molecule has 0 aliphatic heterocycles. The van der Waals surface area contributed by atoms with Gasteiger partial charge < -0.3 is 0 Å². The van der Waals surface area contributed by atoms with Crippen LogP contribution in [0.15, 0.2) is 29.2 Å². The van der Waals surface area contributed by atoms with Crippen LogP contribution in [0, 0.1) is 5.92 Å². The van der Waals surface area contributed by atoms with E-state index in [1.165, 1.54) is 24.3 Å². The van der Waals surface area contributed by atoms with E-state index in [9.17, 15) is 16.8 Å². The average molecular weight is 326 g/mol. The minimum Gasteiger partial charge on any atom is -0.212 e. The molecule has 108 valence electrons. The molecule has 0 heterocycles. The monoisotopic (exact) mass is 325 g/mol. The van der Waals surface area contributed by atoms with E-state index in [0.717, 1.165) is 0 Å². The van der Waals surface area contributed by atoms with E-state index >= 15 is 0 Å². The highest BCUT2D eigenvalue weighted by atomic mass is 35.7. The smallest absolute Gasteiger partial charge is 0.212 e. The quantitative estimate of drug-likeness (QED) is 0.807. The number of sulfonamides is 1. The van der Waals surface area contributed by atoms with Crippen molar-refractivity contribution in [3.63, 3.8) is 0 Å². The van der Waals surface area contributed by atoms with Gasteiger partial charge in [-0.15, -0.1) is 0 Å². The van der Waals surface area contributed by atoms with Crippen LogP contribution in [-0.2, 0) is 25.6 Å². The molecule has 0 saturated carbocycles. The second-order valence-electron chi connectivity index (χ2n) is 4.58. The average Bonchev–Trinajstić information content (AvgIpc) is 2.24. The van der Waals surface area contributed by atoms with Crippen molar-refractivity contribution in [3.05, 3.63) is 29.8 Å². The zero-order chi connectivity index (χ0) is 14.7. The molecule has 0 aromatic heterocycles. The van der Waals surface area contributed by atoms with Crippen molar-refractivity contribution in [2.75, 3.05) is 5.75 Å². The molecule has 0 radical (unpaired) electrons. The van der Waals surface area contributed by atoms with Gasteiger partial charge in [0.25, 0.3) is 9.05 Å². The van der Waals surface area contributed by atoms with E-state index in [1.54, 1.807) is 0 Å². The molecule has 0 unspecified atom stereocenters. The Morgan fingerprint density at radius 2 is 1.63 bits per heavy atom. The third-order valence-corrected chi connectivity index (χ3v) is 5.31. The van der Waals surface area contributed by atoms with Crippen molar-refractivity contribution in [2.24, 2.45) is 5.92 Å². The zero-order valence-corrected chi connectivity index (χ0v) is 13.0. The molecule has 8 heteroatoms. The molecule has 0 fully saturated rings. The first-order valence-corrected chi connectivity index (χ1v) is 9.57. The standard InChI is InChI=1S/C11H16ClNO4S2/c1-9(2)8-18(14,15)13-7-10-3-5-11(6-4-10)19(12,16)17/h3-6,9,13H,7-8H2,1-2H3. The highest BCUT2D eigenvalue weighted by Gasteiger charge is 2.13. The zero-order valence-electron chi connectivity index (χ0n) is 10.6. The Labute approximate surface area is 118 Å². The first-order valence-electron chi connectivity index (χ1n) is 5.61. The van der Waals surface area contributed by atoms with Gasteiger partial charge in [0, 0.05) is 17.2 Å². The fourth-order valence-corrected chi connectivity index (χ4v) is 3.61. The lowest BCUT2D eigenvalue weighted by atomic mass is 10.2. The predicted molar refractivity (Wildman–Crippen MR) is 74.9 cm³/mol. The van der Waals surface area contributed by atoms with Crippen LogP contribution in [0.3, 0.4) is 0 Å². The Balaban J connectivity index is 2.70. The summed E-state index contributed by atoms with van der Waals surface area (Å²) >= 11 is 0. The highest BCUT2D eigenvalue weighted by Crippen LogP contribution is 2.15. The first-order chi connectivity index (χ1) is 8.60. The van der Waals surface area contributed by atoms with Gasteiger partial charge in [0.15, 0.2) is 0 Å². The second kappa shape index (κ2) is 6.21. The molecule has 1 aromatic rings. The first kappa shape index (κ1) is 16.4. The van der Waals surface area contributed by atoms with Gasteiger partial charge in [0.2, 0.25) is 10.0 Å². The number of hydrogen-bond donors (Lipinski definition) is 1. The Kier molecular flexibility index (Phi) is 5.37. The van der Waals surface area contributed by atoms with Crippen LogP contribution in [-0.4, -0.2) is 22.6 Å². The Bertz CT molecular complexity index is 621. The van der Waals surface area contributed by atoms with Crippen LogP contribution in [0.2, 0.25) is 0 Å². The highest BCUT2D eigenvalue weighted by molar-refractivity contribution is 8.13. The van der Waals surface area contributed by atoms with Gasteiger partial charge in [-0.3, -0.25) is 0 Å². The lowest BCUT2D eigenvalue weighted by Crippen LogP contribution is -2.28. The van der Waals surface area contributed by atoms with Crippen LogP contribution in [0.1, 0.15) is 19.4 Å². The van der Waals surface area contributed by atoms with Crippen LogP contribution >= 0.6 is 10.7 Å². The van der Waals surface area contributed by atoms with Crippen molar-refractivity contribution in [1.29, 1.82) is 0 Å². The van der Waals surface area contributed by atoms with E-state index in [2.05, 4.69) is 4.72 Å². The predicted octanol–water partition coefficient (Wildman–Crippen LogP) is 1.69. The molecule has 1 N–H and O–H groups in total. The van der Waals surface area contributed by atoms with Gasteiger partial charge in [-0.2, -0.15) is 0 Å². The molecule has 0 aliphatic rings. The summed E-state index contributed by atoms with van der Waals surface area (Å²) in [6.07, 6.45) is 0. The van der Waals surface area contributed by atoms with E-state index in [0.29, 0.717) is 5.56 Å². The molecule has 19 heavy (non-hydrogen) atoms. The van der Waals surface area contributed by atoms with Crippen molar-refractivity contribution in [2.45, 2.75) is 25.3 Å². The van der Waals surface area contributed by atoms with Crippen LogP contribution < -0.4 is 4.72 Å². The maximum atomic E-state index is 11.6. The molecule has 1 rings (SSSR count). The number of halogens is 1. The van der Waals surface area contributed by atoms with E-state index in [4.69, 9.17) is 10.7 Å². The van der Waals surface area contributed by atoms with Gasteiger partial charge >= 0.3 is 0 Å². The largest absolute Gasteiger partial charge is 0.261 e. The Morgan fingerprint density at radius 3 is 2.05 bits per heavy atom. The lowest BCUT2D eigenvalue weighted by Gasteiger charge is -2.09. The molecule has 1 aromatic carbocycles. The minimum absolute atomic E-state index is 0.0112. The Morgan fingerprint density at radius 1 is 1.11 bits per heavy atom. The molecule has 0 atom stereocenters. The second-order valence-corrected chi connectivity index (χ2v) is 9.00. The minimum atomic E-state index is -3.75. The summed E-state index contributed by atoms with van der Waals surface area (Å²) < 4.78 is 47.8. The Hall–Kier alpha value is -0.630. The van der Waals surface area contributed by atoms with E-state index in [-0.39, 0.29) is 23.1 Å². The third kappa shape index (κ3) is 5.90. The molecule has 0 amide bonds. The van der Waals surface area contributed by atoms with Crippen molar-refractivity contribution < 1.29 is 16.8 Å². The number of rotatable bonds is 6. The van der Waals surface area contributed by atoms with Gasteiger partial charge in [0.05, 0.1) is 10.6 Å². The van der Waals surface area contributed by atoms with E-state index in [1.807, 2.05) is 13.8 Å². The van der Waals surface area contributed by atoms with Gasteiger partial charge in [-0.1, -0.05) is 26.0 Å². The molecule has 0 aliphatic carbocycles. The maximum absolute atomic E-state index is 11.6. The molecular formula is C11H16ClNO4S2. The number of hydrogen-bond acceptors (Lipinski definition) is 4. The van der Waals surface area contributed by atoms with Gasteiger partial charge in [-0.25, -0.2) is 21.6 Å². The van der Waals surface area contributed by atoms with Crippen molar-refractivity contribution in [1.82, 2.24) is 4.72 Å². The third-order valence-electron chi connectivity index (χ3n) is 2.25. The van der Waals surface area contributed by atoms with E-state index < -0.39 is 19.1 Å². The summed E-state index contributed by atoms with van der Waals surface area (Å²) in [5, 5.41) is 0. The summed E-state index contributed by atoms with van der Waals surface area (Å²) in [6, 6.07) is 5.73. The number of nitrogens with one attached hydrogen (secondary N) is 1. The molecule has 0 spiro atoms. The molecule has 0 saturated heterocycles. The van der Waals surface area contributed by atoms with Crippen molar-refractivity contribution in [3.8, 4) is 0 Å². The van der Waals surface area contributed by atoms with Crippen LogP contribution in [0.5, 0.6) is 0 Å². The van der Waals surface area contributed by atoms with Crippen LogP contribution in [0.25, 0.3) is 0 Å². The SMILES string of the molecule is CC(C)CS(=O)(=O)NCc1ccc(S(=O)(=O)Cl)cc1. The maximum Gasteiger partial charge on any atom is 0.261 e. The molecule has 0 bridgehead atoms. The van der Waals surface area contributed by atoms with Crippen LogP contribution in [0.4, 0.5) is 0 Å². The van der Waals surface area contributed by atoms with Crippen molar-refractivity contribution >= 4 is 29.8 Å². The fourth-order valence-electron chi connectivity index (χ4n) is 1.46. The van der Waals surface area contributed by atoms with Gasteiger partial charge in [-0.05, 0) is 23.6 Å². The summed E-state index contributed by atoms with van der Waals surface area (Å²) in [5.74, 6) is 0.0995. The molecule has 5 nitrogen and oxygen atoms in total. The topological polar surface area (TPSA) is 80.3 Å². The fraction of sp³-hybridized carbons (Fsp3) is 0.455. The lowest BCUT2D eigenvalue weighted by molar-refractivity contribution is 0.567. The summed E-state index contributed by atoms with van der Waals surface area (Å²) in [5.41, 5.74) is 0.663. The normalized spacial score (nSPS) is 12.8. The summed E-state index contributed by atoms with van der Waals surface area (Å²) in [7, 11) is -1.88. The van der Waals surface area contributed by atoms with Gasteiger partial charge in [0.1, 0.15) is 0 Å². The number of benzene rings is 1.